The standard InChI is InChI=1S/C20H22N4O6.C18H18N4O3.CH4.2U/c1-2-28-20(25)23-13-14-7-6-8-15(11-14)29-9-4-3-5-10-30-17-12-16(23)18(24(26)27)19(21)22-17;19-17-16-14-10-15(20-17)25-8-3-1-2-7-24-13-6-4-5-12(9-13)11-22(14)18(23)21-16;;;/h3,5-8,11-12H,2,4,9-10,13H2,1H3,(H2,21,22);1,3-6,9-10H,2,7-8,11H2,(H2,19,20)(H,21,23);1H4;;/b5-3+;3-1+;;;. The van der Waals surface area contributed by atoms with Gasteiger partial charge in [-0.2, -0.15) is 9.97 Å². The summed E-state index contributed by atoms with van der Waals surface area (Å²) in [4.78, 5) is 48.2. The SMILES string of the molecule is C.CCOC(=O)N1Cc2cccc(c2)OCC/C=C/COc2cc1c([N+](=O)[O-])c(N)n2.Nc1nc2cc3c1[nH]c(=O)n3Cc1cccc(c1)OCC/C=C/CO2.[U].[U]. The molecule has 0 unspecified atom stereocenters. The number of aromatic nitrogens is 4. The second-order valence-electron chi connectivity index (χ2n) is 12.1. The van der Waals surface area contributed by atoms with E-state index in [-0.39, 0.29) is 118 Å². The van der Waals surface area contributed by atoms with Crippen molar-refractivity contribution >= 4 is 40.1 Å². The van der Waals surface area contributed by atoms with E-state index in [1.165, 1.54) is 6.07 Å². The Labute approximate surface area is 382 Å². The van der Waals surface area contributed by atoms with Gasteiger partial charge in [0.25, 0.3) is 0 Å². The number of nitrogen functional groups attached to an aromatic ring is 2. The first-order chi connectivity index (χ1) is 26.7. The molecule has 19 heteroatoms. The first kappa shape index (κ1) is 47.4. The molecule has 302 valence electrons. The number of H-pyrrole nitrogens is 1. The van der Waals surface area contributed by atoms with Crippen LogP contribution in [0.5, 0.6) is 23.3 Å². The van der Waals surface area contributed by atoms with Crippen molar-refractivity contribution in [2.45, 2.75) is 40.3 Å². The minimum Gasteiger partial charge on any atom is -0.493 e. The van der Waals surface area contributed by atoms with Crippen molar-refractivity contribution in [1.29, 1.82) is 0 Å². The minimum atomic E-state index is -0.757. The molecule has 0 saturated carbocycles. The van der Waals surface area contributed by atoms with Gasteiger partial charge in [0.1, 0.15) is 35.9 Å². The Hall–Kier alpha value is -4.94. The Bertz CT molecular complexity index is 2300. The normalized spacial score (nSPS) is 14.6. The maximum atomic E-state index is 12.7. The summed E-state index contributed by atoms with van der Waals surface area (Å²) in [7, 11) is 0. The summed E-state index contributed by atoms with van der Waals surface area (Å²) in [5.74, 6) is 1.75. The van der Waals surface area contributed by atoms with E-state index in [1.807, 2.05) is 42.5 Å². The van der Waals surface area contributed by atoms with E-state index in [0.717, 1.165) is 22.6 Å². The van der Waals surface area contributed by atoms with Crippen LogP contribution in [0.1, 0.15) is 38.3 Å². The van der Waals surface area contributed by atoms with E-state index in [4.69, 9.17) is 35.2 Å². The number of ether oxygens (including phenoxy) is 5. The molecule has 1 amide bonds. The number of nitrogens with zero attached hydrogens (tertiary/aromatic N) is 5. The third-order valence-corrected chi connectivity index (χ3v) is 8.28. The molecular weight excluding hydrogens is 1200 g/mol. The Morgan fingerprint density at radius 1 is 0.845 bits per heavy atom. The van der Waals surface area contributed by atoms with Crippen LogP contribution in [0.3, 0.4) is 0 Å². The van der Waals surface area contributed by atoms with Gasteiger partial charge in [-0.3, -0.25) is 19.6 Å². The molecule has 2 aliphatic rings. The Kier molecular flexibility index (Phi) is 18.7. The molecule has 0 saturated heterocycles. The third kappa shape index (κ3) is 12.3. The van der Waals surface area contributed by atoms with Crippen molar-refractivity contribution in [3.05, 3.63) is 117 Å². The van der Waals surface area contributed by atoms with Crippen LogP contribution < -0.4 is 41.0 Å². The van der Waals surface area contributed by atoms with Crippen LogP contribution in [0.2, 0.25) is 0 Å². The average Bonchev–Trinajstić information content (AvgIpc) is 3.47. The summed E-state index contributed by atoms with van der Waals surface area (Å²) in [6, 6.07) is 17.9. The summed E-state index contributed by atoms with van der Waals surface area (Å²) in [6.07, 6.45) is 8.27. The van der Waals surface area contributed by atoms with Crippen LogP contribution in [0, 0.1) is 72.3 Å². The van der Waals surface area contributed by atoms with Gasteiger partial charge in [-0.1, -0.05) is 56.0 Å². The maximum Gasteiger partial charge on any atom is 0.414 e. The van der Waals surface area contributed by atoms with Crippen molar-refractivity contribution in [3.63, 3.8) is 0 Å². The second-order valence-corrected chi connectivity index (χ2v) is 12.1. The molecule has 0 radical (unpaired) electrons. The average molecular weight is 1240 g/mol. The van der Waals surface area contributed by atoms with Gasteiger partial charge in [-0.05, 0) is 55.2 Å². The zero-order valence-corrected chi connectivity index (χ0v) is 39.3. The summed E-state index contributed by atoms with van der Waals surface area (Å²) >= 11 is 0. The first-order valence-corrected chi connectivity index (χ1v) is 17.5. The Morgan fingerprint density at radius 2 is 1.41 bits per heavy atom. The van der Waals surface area contributed by atoms with Crippen molar-refractivity contribution in [2.75, 3.05) is 49.4 Å². The molecule has 0 spiro atoms. The number of hydrogen-bond donors (Lipinski definition) is 3. The number of nitro groups is 1. The Morgan fingerprint density at radius 3 is 2.00 bits per heavy atom. The van der Waals surface area contributed by atoms with Crippen molar-refractivity contribution in [2.24, 2.45) is 0 Å². The topological polar surface area (TPSA) is 225 Å². The molecule has 0 atom stereocenters. The molecule has 0 aliphatic carbocycles. The number of carbonyl (C=O) groups excluding carboxylic acids is 1. The fourth-order valence-corrected chi connectivity index (χ4v) is 5.78. The maximum absolute atomic E-state index is 12.7. The quantitative estimate of drug-likeness (QED) is 0.102. The number of rotatable bonds is 2. The smallest absolute Gasteiger partial charge is 0.414 e. The summed E-state index contributed by atoms with van der Waals surface area (Å²) in [6.45, 7) is 3.74. The van der Waals surface area contributed by atoms with E-state index < -0.39 is 16.7 Å². The zero-order valence-electron chi connectivity index (χ0n) is 31.0. The van der Waals surface area contributed by atoms with Gasteiger partial charge in [-0.15, -0.1) is 0 Å². The molecule has 2 aromatic carbocycles. The molecule has 5 N–H and O–H groups in total. The van der Waals surface area contributed by atoms with Crippen LogP contribution in [0.25, 0.3) is 11.0 Å². The molecule has 8 bridgehead atoms. The van der Waals surface area contributed by atoms with Gasteiger partial charge >= 0.3 is 17.5 Å². The molecule has 0 fully saturated rings. The molecule has 2 aliphatic heterocycles. The van der Waals surface area contributed by atoms with Gasteiger partial charge in [0.05, 0.1) is 43.4 Å². The number of amides is 1. The monoisotopic (exact) mass is 1240 g/mol. The van der Waals surface area contributed by atoms with E-state index in [2.05, 4.69) is 15.0 Å². The van der Waals surface area contributed by atoms with Gasteiger partial charge in [0.15, 0.2) is 5.82 Å². The number of pyridine rings is 2. The van der Waals surface area contributed by atoms with Gasteiger partial charge in [-0.25, -0.2) is 9.59 Å². The minimum absolute atomic E-state index is 0. The number of benzene rings is 2. The predicted molar refractivity (Wildman–Crippen MR) is 211 cm³/mol. The van der Waals surface area contributed by atoms with Crippen molar-refractivity contribution in [1.82, 2.24) is 19.5 Å². The van der Waals surface area contributed by atoms with Gasteiger partial charge in [0.2, 0.25) is 17.6 Å². The largest absolute Gasteiger partial charge is 0.493 e. The van der Waals surface area contributed by atoms with E-state index in [0.29, 0.717) is 61.0 Å². The number of fused-ring (bicyclic) bond motifs is 7. The fraction of sp³-hybridized carbons (Fsp3) is 0.282. The second kappa shape index (κ2) is 22.9. The molecule has 5 heterocycles. The van der Waals surface area contributed by atoms with Crippen molar-refractivity contribution in [3.8, 4) is 23.3 Å². The molecular formula is C39H44N8O9U2. The number of hydrogen-bond acceptors (Lipinski definition) is 13. The van der Waals surface area contributed by atoms with Gasteiger partial charge < -0.3 is 40.1 Å². The number of carbonyl (C=O) groups is 1. The van der Waals surface area contributed by atoms with E-state index in [1.54, 1.807) is 47.9 Å². The zero-order chi connectivity index (χ0) is 38.7. The molecule has 5 aromatic rings. The van der Waals surface area contributed by atoms with Crippen LogP contribution in [-0.4, -0.2) is 63.6 Å². The third-order valence-electron chi connectivity index (χ3n) is 8.28. The predicted octanol–water partition coefficient (Wildman–Crippen LogP) is 6.16. The molecule has 58 heavy (non-hydrogen) atoms. The van der Waals surface area contributed by atoms with Crippen LogP contribution in [-0.2, 0) is 17.8 Å². The summed E-state index contributed by atoms with van der Waals surface area (Å²) in [5, 5.41) is 11.7. The number of anilines is 3. The fourth-order valence-electron chi connectivity index (χ4n) is 5.78. The number of imidazole rings is 1. The van der Waals surface area contributed by atoms with E-state index >= 15 is 0 Å². The summed E-state index contributed by atoms with van der Waals surface area (Å²) in [5.41, 5.74) is 13.9. The molecule has 3 aromatic heterocycles. The number of aromatic amines is 1. The summed E-state index contributed by atoms with van der Waals surface area (Å²) < 4.78 is 29.4. The number of nitrogens with one attached hydrogen (secondary N) is 1. The Balaban J connectivity index is 0.000000299. The van der Waals surface area contributed by atoms with Crippen LogP contribution in [0.4, 0.5) is 27.8 Å². The van der Waals surface area contributed by atoms with Crippen molar-refractivity contribution < 1.29 is 95.6 Å². The van der Waals surface area contributed by atoms with E-state index in [9.17, 15) is 19.7 Å². The first-order valence-electron chi connectivity index (χ1n) is 17.5. The molecule has 7 rings (SSSR count). The molecule has 17 nitrogen and oxygen atoms in total. The van der Waals surface area contributed by atoms with Crippen LogP contribution >= 0.6 is 0 Å². The number of nitrogens with two attached hydrogens (primary N) is 2. The van der Waals surface area contributed by atoms with Gasteiger partial charge in [0, 0.05) is 74.4 Å². The van der Waals surface area contributed by atoms with Crippen LogP contribution in [0.15, 0.2) is 89.8 Å².